The molecular weight excluding hydrogens is 536 g/mol. The summed E-state index contributed by atoms with van der Waals surface area (Å²) in [7, 11) is 0. The maximum absolute atomic E-state index is 14.6. The number of anilines is 1. The molecule has 9 unspecified atom stereocenters. The lowest BCUT2D eigenvalue weighted by molar-refractivity contribution is -0.210. The van der Waals surface area contributed by atoms with Gasteiger partial charge in [-0.25, -0.2) is 4.98 Å². The van der Waals surface area contributed by atoms with Crippen LogP contribution in [0.4, 0.5) is 5.82 Å². The zero-order valence-electron chi connectivity index (χ0n) is 27.6. The zero-order valence-corrected chi connectivity index (χ0v) is 27.6. The number of allylic oxidation sites excluding steroid dienone is 2. The highest BCUT2D eigenvalue weighted by Gasteiger charge is 2.70. The second-order valence-electron chi connectivity index (χ2n) is 16.9. The van der Waals surface area contributed by atoms with Crippen LogP contribution < -0.4 is 5.32 Å². The largest absolute Gasteiger partial charge is 0.462 e. The van der Waals surface area contributed by atoms with Crippen LogP contribution in [0.1, 0.15) is 113 Å². The molecule has 234 valence electrons. The Morgan fingerprint density at radius 3 is 2.33 bits per heavy atom. The molecule has 0 spiro atoms. The van der Waals surface area contributed by atoms with Gasteiger partial charge in [-0.1, -0.05) is 60.1 Å². The normalized spacial score (nSPS) is 44.9. The molecule has 6 nitrogen and oxygen atoms in total. The van der Waals surface area contributed by atoms with Gasteiger partial charge in [-0.15, -0.1) is 0 Å². The number of hydrogen-bond acceptors (Lipinski definition) is 5. The van der Waals surface area contributed by atoms with Crippen LogP contribution >= 0.6 is 0 Å². The SMILES string of the molecule is CC(=O)OC1CCC2(C)C(CCC3(C)C2C(=O)C=C2C4CC(C)(C(=O)Nc5ccccn5)CCC4(C)CCC23C)C1(C)C. The summed E-state index contributed by atoms with van der Waals surface area (Å²) in [5.41, 5.74) is 0.277. The smallest absolute Gasteiger partial charge is 0.302 e. The van der Waals surface area contributed by atoms with E-state index >= 15 is 0 Å². The number of ether oxygens (including phenoxy) is 1. The first-order valence-corrected chi connectivity index (χ1v) is 16.7. The van der Waals surface area contributed by atoms with Crippen LogP contribution in [0.15, 0.2) is 36.0 Å². The number of hydrogen-bond donors (Lipinski definition) is 1. The van der Waals surface area contributed by atoms with E-state index in [1.54, 1.807) is 6.20 Å². The number of pyridine rings is 1. The fourth-order valence-corrected chi connectivity index (χ4v) is 11.5. The number of nitrogens with one attached hydrogen (secondary N) is 1. The Morgan fingerprint density at radius 1 is 0.930 bits per heavy atom. The van der Waals surface area contributed by atoms with Gasteiger partial charge in [0.2, 0.25) is 5.91 Å². The van der Waals surface area contributed by atoms with Gasteiger partial charge in [0.1, 0.15) is 11.9 Å². The molecule has 9 atom stereocenters. The number of rotatable bonds is 3. The van der Waals surface area contributed by atoms with Crippen molar-refractivity contribution >= 4 is 23.5 Å². The van der Waals surface area contributed by atoms with Gasteiger partial charge in [0.15, 0.2) is 5.78 Å². The molecule has 5 aliphatic carbocycles. The Balaban J connectivity index is 1.36. The van der Waals surface area contributed by atoms with E-state index in [4.69, 9.17) is 4.74 Å². The third kappa shape index (κ3) is 4.31. The standard InChI is InChI=1S/C37H52N2O4/c1-23(40)43-28-13-14-35(6)27(32(28,2)3)12-15-37(8)30(35)26(41)21-24-25-22-34(5,31(42)39-29-11-9-10-20-38-29)17-16-33(25,4)18-19-36(24,37)7/h9-11,20-21,25,27-28,30H,12-19,22H2,1-8H3,(H,38,39,42). The molecule has 1 N–H and O–H groups in total. The molecule has 6 rings (SSSR count). The van der Waals surface area contributed by atoms with Crippen LogP contribution in [-0.4, -0.2) is 28.7 Å². The minimum Gasteiger partial charge on any atom is -0.462 e. The predicted molar refractivity (Wildman–Crippen MR) is 168 cm³/mol. The van der Waals surface area contributed by atoms with Crippen molar-refractivity contribution in [3.05, 3.63) is 36.0 Å². The van der Waals surface area contributed by atoms with Gasteiger partial charge in [0.05, 0.1) is 0 Å². The lowest BCUT2D eigenvalue weighted by Crippen LogP contribution is -2.66. The highest BCUT2D eigenvalue weighted by atomic mass is 16.5. The molecule has 1 aromatic heterocycles. The quantitative estimate of drug-likeness (QED) is 0.363. The van der Waals surface area contributed by atoms with Crippen LogP contribution in [0.3, 0.4) is 0 Å². The molecule has 1 aromatic rings. The molecule has 1 heterocycles. The van der Waals surface area contributed by atoms with E-state index in [1.165, 1.54) is 12.5 Å². The number of nitrogens with zero attached hydrogens (tertiary/aromatic N) is 1. The Labute approximate surface area is 258 Å². The minimum absolute atomic E-state index is 0.0344. The lowest BCUT2D eigenvalue weighted by atomic mass is 9.33. The molecule has 43 heavy (non-hydrogen) atoms. The monoisotopic (exact) mass is 588 g/mol. The van der Waals surface area contributed by atoms with Crippen molar-refractivity contribution in [1.82, 2.24) is 4.98 Å². The summed E-state index contributed by atoms with van der Waals surface area (Å²) < 4.78 is 5.87. The summed E-state index contributed by atoms with van der Waals surface area (Å²) in [5, 5.41) is 3.09. The molecule has 0 bridgehead atoms. The van der Waals surface area contributed by atoms with Crippen LogP contribution in [-0.2, 0) is 19.1 Å². The van der Waals surface area contributed by atoms with Crippen molar-refractivity contribution in [3.8, 4) is 0 Å². The molecule has 0 aromatic carbocycles. The van der Waals surface area contributed by atoms with Crippen molar-refractivity contribution < 1.29 is 19.1 Å². The van der Waals surface area contributed by atoms with E-state index in [0.29, 0.717) is 17.5 Å². The van der Waals surface area contributed by atoms with Gasteiger partial charge in [-0.3, -0.25) is 14.4 Å². The number of amides is 1. The fraction of sp³-hybridized carbons (Fsp3) is 0.730. The van der Waals surface area contributed by atoms with Crippen molar-refractivity contribution in [1.29, 1.82) is 0 Å². The van der Waals surface area contributed by atoms with Gasteiger partial charge in [-0.2, -0.15) is 0 Å². The Hall–Kier alpha value is -2.50. The fourth-order valence-electron chi connectivity index (χ4n) is 11.5. The van der Waals surface area contributed by atoms with Gasteiger partial charge < -0.3 is 10.1 Å². The maximum Gasteiger partial charge on any atom is 0.302 e. The topological polar surface area (TPSA) is 85.4 Å². The molecule has 4 fully saturated rings. The number of aromatic nitrogens is 1. The average Bonchev–Trinajstić information content (AvgIpc) is 2.93. The molecule has 0 radical (unpaired) electrons. The molecule has 0 saturated heterocycles. The number of esters is 1. The summed E-state index contributed by atoms with van der Waals surface area (Å²) >= 11 is 0. The van der Waals surface area contributed by atoms with E-state index < -0.39 is 5.41 Å². The Morgan fingerprint density at radius 2 is 1.65 bits per heavy atom. The van der Waals surface area contributed by atoms with Crippen LogP contribution in [0.2, 0.25) is 0 Å². The summed E-state index contributed by atoms with van der Waals surface area (Å²) in [5.74, 6) is 1.15. The highest BCUT2D eigenvalue weighted by molar-refractivity contribution is 5.96. The first-order chi connectivity index (χ1) is 20.0. The maximum atomic E-state index is 14.6. The van der Waals surface area contributed by atoms with E-state index in [2.05, 4.69) is 64.8 Å². The molecule has 4 saturated carbocycles. The number of fused-ring (bicyclic) bond motifs is 7. The first-order valence-electron chi connectivity index (χ1n) is 16.7. The Kier molecular flexibility index (Phi) is 6.92. The van der Waals surface area contributed by atoms with Gasteiger partial charge in [0.25, 0.3) is 0 Å². The number of carbonyl (C=O) groups excluding carboxylic acids is 3. The summed E-state index contributed by atoms with van der Waals surface area (Å²) in [4.78, 5) is 44.7. The van der Waals surface area contributed by atoms with Crippen molar-refractivity contribution in [2.45, 2.75) is 119 Å². The van der Waals surface area contributed by atoms with Crippen LogP contribution in [0.25, 0.3) is 0 Å². The van der Waals surface area contributed by atoms with Crippen LogP contribution in [0.5, 0.6) is 0 Å². The second-order valence-corrected chi connectivity index (χ2v) is 16.9. The summed E-state index contributed by atoms with van der Waals surface area (Å²) in [6.45, 7) is 17.8. The van der Waals surface area contributed by atoms with Crippen molar-refractivity contribution in [2.75, 3.05) is 5.32 Å². The number of carbonyl (C=O) groups is 3. The predicted octanol–water partition coefficient (Wildman–Crippen LogP) is 7.93. The van der Waals surface area contributed by atoms with Crippen LogP contribution in [0, 0.1) is 50.2 Å². The van der Waals surface area contributed by atoms with E-state index in [9.17, 15) is 14.4 Å². The van der Waals surface area contributed by atoms with E-state index in [0.717, 1.165) is 57.8 Å². The number of ketones is 1. The highest BCUT2D eigenvalue weighted by Crippen LogP contribution is 2.75. The van der Waals surface area contributed by atoms with E-state index in [-0.39, 0.29) is 56.9 Å². The second kappa shape index (κ2) is 9.75. The van der Waals surface area contributed by atoms with Gasteiger partial charge in [-0.05, 0) is 109 Å². The molecule has 0 aliphatic heterocycles. The van der Waals surface area contributed by atoms with E-state index in [1.807, 2.05) is 18.2 Å². The first kappa shape index (κ1) is 30.5. The molecule has 1 amide bonds. The summed E-state index contributed by atoms with van der Waals surface area (Å²) in [6, 6.07) is 5.59. The lowest BCUT2D eigenvalue weighted by Gasteiger charge is -2.70. The zero-order chi connectivity index (χ0) is 31.2. The van der Waals surface area contributed by atoms with Crippen molar-refractivity contribution in [3.63, 3.8) is 0 Å². The third-order valence-corrected chi connectivity index (χ3v) is 14.3. The van der Waals surface area contributed by atoms with Crippen molar-refractivity contribution in [2.24, 2.45) is 50.2 Å². The third-order valence-electron chi connectivity index (χ3n) is 14.3. The molecule has 5 aliphatic rings. The van der Waals surface area contributed by atoms with Gasteiger partial charge in [0, 0.05) is 29.9 Å². The molecular formula is C37H52N2O4. The average molecular weight is 589 g/mol. The minimum atomic E-state index is -0.523. The Bertz CT molecular complexity index is 1370. The summed E-state index contributed by atoms with van der Waals surface area (Å²) in [6.07, 6.45) is 12.2. The molecule has 6 heteroatoms. The van der Waals surface area contributed by atoms with Gasteiger partial charge >= 0.3 is 5.97 Å².